The Labute approximate surface area is 151 Å². The Bertz CT molecular complexity index is 1040. The number of phenolic OH excluding ortho intramolecular Hbond substituents is 1. The summed E-state index contributed by atoms with van der Waals surface area (Å²) in [5.41, 5.74) is -0.175. The molecule has 4 rings (SSSR count). The Balaban J connectivity index is 2.05. The van der Waals surface area contributed by atoms with Crippen LogP contribution in [0.3, 0.4) is 0 Å². The molecule has 2 heterocycles. The minimum Gasteiger partial charge on any atom is -0.507 e. The van der Waals surface area contributed by atoms with Crippen molar-refractivity contribution in [3.8, 4) is 28.7 Å². The molecule has 2 N–H and O–H groups in total. The first-order valence-corrected chi connectivity index (χ1v) is 7.73. The average Bonchev–Trinajstić information content (AvgIpc) is 2.83. The van der Waals surface area contributed by atoms with Gasteiger partial charge in [-0.1, -0.05) is 0 Å². The van der Waals surface area contributed by atoms with Crippen LogP contribution in [-0.4, -0.2) is 35.5 Å². The van der Waals surface area contributed by atoms with Gasteiger partial charge in [-0.2, -0.15) is 0 Å². The Morgan fingerprint density at radius 3 is 2.52 bits per heavy atom. The molecule has 0 saturated carbocycles. The van der Waals surface area contributed by atoms with Crippen LogP contribution in [0.2, 0.25) is 0 Å². The number of rotatable bonds is 2. The number of benzene rings is 2. The lowest BCUT2D eigenvalue weighted by atomic mass is 10.0. The van der Waals surface area contributed by atoms with Gasteiger partial charge in [0.15, 0.2) is 23.5 Å². The van der Waals surface area contributed by atoms with Crippen LogP contribution < -0.4 is 14.2 Å². The molecule has 0 aromatic heterocycles. The van der Waals surface area contributed by atoms with Gasteiger partial charge in [0.2, 0.25) is 6.29 Å². The van der Waals surface area contributed by atoms with Crippen molar-refractivity contribution in [1.82, 2.24) is 0 Å². The van der Waals surface area contributed by atoms with Crippen LogP contribution in [0.5, 0.6) is 28.7 Å². The number of aliphatic hydroxyl groups excluding tert-OH is 1. The largest absolute Gasteiger partial charge is 0.507 e. The summed E-state index contributed by atoms with van der Waals surface area (Å²) >= 11 is 0. The van der Waals surface area contributed by atoms with Crippen molar-refractivity contribution >= 4 is 18.2 Å². The number of fused-ring (bicyclic) bond motifs is 4. The van der Waals surface area contributed by atoms with Crippen LogP contribution in [-0.2, 0) is 4.74 Å². The summed E-state index contributed by atoms with van der Waals surface area (Å²) in [5, 5.41) is 20.1. The van der Waals surface area contributed by atoms with E-state index in [9.17, 15) is 24.6 Å². The fourth-order valence-corrected chi connectivity index (χ4v) is 3.16. The van der Waals surface area contributed by atoms with Crippen molar-refractivity contribution in [1.29, 1.82) is 0 Å². The van der Waals surface area contributed by atoms with E-state index in [1.807, 2.05) is 0 Å². The van der Waals surface area contributed by atoms with Gasteiger partial charge in [0, 0.05) is 6.07 Å². The number of methoxy groups -OCH3 is 1. The minimum atomic E-state index is -1.74. The van der Waals surface area contributed by atoms with Crippen LogP contribution in [0.4, 0.5) is 0 Å². The summed E-state index contributed by atoms with van der Waals surface area (Å²) in [6, 6.07) is 2.48. The number of hydrogen-bond donors (Lipinski definition) is 2. The normalized spacial score (nSPS) is 16.9. The van der Waals surface area contributed by atoms with Crippen LogP contribution >= 0.6 is 0 Å². The number of carbonyl (C=O) groups is 3. The SMILES string of the molecule is COc1cc(C)c2c(c1C=O)Oc1c(cc(O)c3c1C(O)OC3=O)OC2=O. The molecule has 2 aromatic rings. The summed E-state index contributed by atoms with van der Waals surface area (Å²) in [5.74, 6) is -2.78. The van der Waals surface area contributed by atoms with Gasteiger partial charge in [-0.05, 0) is 18.6 Å². The van der Waals surface area contributed by atoms with Gasteiger partial charge >= 0.3 is 11.9 Å². The number of aldehydes is 1. The maximum Gasteiger partial charge on any atom is 0.347 e. The molecule has 0 aliphatic carbocycles. The lowest BCUT2D eigenvalue weighted by Crippen LogP contribution is -2.11. The number of carbonyl (C=O) groups excluding carboxylic acids is 3. The van der Waals surface area contributed by atoms with E-state index < -0.39 is 24.0 Å². The molecule has 0 amide bonds. The number of cyclic esters (lactones) is 1. The maximum absolute atomic E-state index is 12.6. The number of aryl methyl sites for hydroxylation is 1. The third-order valence-corrected chi connectivity index (χ3v) is 4.36. The molecule has 138 valence electrons. The van der Waals surface area contributed by atoms with Gasteiger partial charge < -0.3 is 29.2 Å². The Morgan fingerprint density at radius 2 is 1.85 bits per heavy atom. The summed E-state index contributed by atoms with van der Waals surface area (Å²) in [7, 11) is 1.35. The molecule has 9 nitrogen and oxygen atoms in total. The van der Waals surface area contributed by atoms with Crippen molar-refractivity contribution in [2.75, 3.05) is 7.11 Å². The van der Waals surface area contributed by atoms with E-state index in [0.717, 1.165) is 6.07 Å². The van der Waals surface area contributed by atoms with E-state index in [2.05, 4.69) is 0 Å². The highest BCUT2D eigenvalue weighted by atomic mass is 16.6. The van der Waals surface area contributed by atoms with Gasteiger partial charge in [0.25, 0.3) is 0 Å². The molecular weight excluding hydrogens is 360 g/mol. The molecule has 2 aromatic carbocycles. The van der Waals surface area contributed by atoms with E-state index in [0.29, 0.717) is 11.8 Å². The van der Waals surface area contributed by atoms with E-state index in [4.69, 9.17) is 18.9 Å². The molecule has 2 aliphatic rings. The molecule has 1 unspecified atom stereocenters. The predicted octanol–water partition coefficient (Wildman–Crippen LogP) is 2.01. The fourth-order valence-electron chi connectivity index (χ4n) is 3.16. The third kappa shape index (κ3) is 2.25. The van der Waals surface area contributed by atoms with Crippen LogP contribution in [0.15, 0.2) is 12.1 Å². The van der Waals surface area contributed by atoms with E-state index in [-0.39, 0.29) is 45.3 Å². The molecule has 9 heteroatoms. The third-order valence-electron chi connectivity index (χ3n) is 4.36. The van der Waals surface area contributed by atoms with Crippen LogP contribution in [0, 0.1) is 6.92 Å². The predicted molar refractivity (Wildman–Crippen MR) is 86.6 cm³/mol. The molecule has 0 radical (unpaired) electrons. The van der Waals surface area contributed by atoms with Gasteiger partial charge in [-0.25, -0.2) is 9.59 Å². The van der Waals surface area contributed by atoms with Gasteiger partial charge in [-0.15, -0.1) is 0 Å². The second-order valence-corrected chi connectivity index (χ2v) is 5.89. The highest BCUT2D eigenvalue weighted by Crippen LogP contribution is 2.51. The summed E-state index contributed by atoms with van der Waals surface area (Å²) < 4.78 is 20.9. The van der Waals surface area contributed by atoms with Gasteiger partial charge in [0.05, 0.1) is 18.2 Å². The summed E-state index contributed by atoms with van der Waals surface area (Å²) in [4.78, 5) is 36.1. The van der Waals surface area contributed by atoms with Crippen molar-refractivity contribution in [2.45, 2.75) is 13.2 Å². The Kier molecular flexibility index (Phi) is 3.57. The van der Waals surface area contributed by atoms with Crippen LogP contribution in [0.25, 0.3) is 0 Å². The van der Waals surface area contributed by atoms with Crippen molar-refractivity contribution in [2.24, 2.45) is 0 Å². The number of esters is 2. The number of phenols is 1. The first-order valence-electron chi connectivity index (χ1n) is 7.73. The fraction of sp³-hybridized carbons (Fsp3) is 0.167. The second kappa shape index (κ2) is 5.71. The van der Waals surface area contributed by atoms with Gasteiger partial charge in [0.1, 0.15) is 22.6 Å². The molecule has 1 atom stereocenters. The van der Waals surface area contributed by atoms with Crippen LogP contribution in [0.1, 0.15) is 48.5 Å². The molecule has 2 aliphatic heterocycles. The highest BCUT2D eigenvalue weighted by Gasteiger charge is 2.41. The summed E-state index contributed by atoms with van der Waals surface area (Å²) in [6.45, 7) is 1.60. The zero-order valence-corrected chi connectivity index (χ0v) is 14.1. The average molecular weight is 372 g/mol. The highest BCUT2D eigenvalue weighted by molar-refractivity contribution is 6.03. The number of hydrogen-bond acceptors (Lipinski definition) is 9. The maximum atomic E-state index is 12.6. The Morgan fingerprint density at radius 1 is 1.11 bits per heavy atom. The number of aliphatic hydroxyl groups is 1. The first kappa shape index (κ1) is 16.9. The standard InChI is InChI=1S/C18H12O9/c1-6-3-9(24-2)7(5-19)14-11(6)16(21)25-10-4-8(20)12-13(15(10)26-14)18(23)27-17(12)22/h3-5,18,20,23H,1-2H3. The van der Waals surface area contributed by atoms with E-state index in [1.165, 1.54) is 13.2 Å². The molecule has 0 fully saturated rings. The monoisotopic (exact) mass is 372 g/mol. The quantitative estimate of drug-likeness (QED) is 0.462. The van der Waals surface area contributed by atoms with Crippen molar-refractivity contribution < 1.29 is 43.5 Å². The smallest absolute Gasteiger partial charge is 0.347 e. The van der Waals surface area contributed by atoms with Gasteiger partial charge in [-0.3, -0.25) is 4.79 Å². The summed E-state index contributed by atoms with van der Waals surface area (Å²) in [6.07, 6.45) is -1.28. The first-order chi connectivity index (χ1) is 12.9. The van der Waals surface area contributed by atoms with E-state index >= 15 is 0 Å². The molecule has 0 saturated heterocycles. The molecule has 0 spiro atoms. The van der Waals surface area contributed by atoms with Crippen molar-refractivity contribution in [3.05, 3.63) is 39.9 Å². The topological polar surface area (TPSA) is 129 Å². The molecule has 0 bridgehead atoms. The lowest BCUT2D eigenvalue weighted by molar-refractivity contribution is -0.0555. The van der Waals surface area contributed by atoms with E-state index in [1.54, 1.807) is 6.92 Å². The molecule has 27 heavy (non-hydrogen) atoms. The minimum absolute atomic E-state index is 0.0259. The second-order valence-electron chi connectivity index (χ2n) is 5.89. The number of aromatic hydroxyl groups is 1. The number of ether oxygens (including phenoxy) is 4. The van der Waals surface area contributed by atoms with Crippen molar-refractivity contribution in [3.63, 3.8) is 0 Å². The molecular formula is C18H12O9. The Hall–Kier alpha value is -3.59. The lowest BCUT2D eigenvalue weighted by Gasteiger charge is -2.15. The zero-order valence-electron chi connectivity index (χ0n) is 14.1. The zero-order chi connectivity index (χ0) is 19.5.